The third-order valence-electron chi connectivity index (χ3n) is 2.55. The summed E-state index contributed by atoms with van der Waals surface area (Å²) in [7, 11) is 0. The van der Waals surface area contributed by atoms with Gasteiger partial charge in [-0.2, -0.15) is 0 Å². The normalized spacial score (nSPS) is 10.7. The van der Waals surface area contributed by atoms with Gasteiger partial charge in [-0.1, -0.05) is 39.7 Å². The second-order valence-electron chi connectivity index (χ2n) is 4.11. The Balaban J connectivity index is 2.05. The maximum atomic E-state index is 11.8. The second kappa shape index (κ2) is 6.59. The van der Waals surface area contributed by atoms with E-state index in [1.807, 2.05) is 18.2 Å². The van der Waals surface area contributed by atoms with Gasteiger partial charge >= 0.3 is 0 Å². The Labute approximate surface area is 130 Å². The molecule has 0 radical (unpaired) electrons. The highest BCUT2D eigenvalue weighted by atomic mass is 79.9. The van der Waals surface area contributed by atoms with E-state index in [2.05, 4.69) is 21.2 Å². The first-order valence-corrected chi connectivity index (χ1v) is 7.01. The second-order valence-corrected chi connectivity index (χ2v) is 5.44. The minimum absolute atomic E-state index is 0.248. The van der Waals surface area contributed by atoms with E-state index in [0.717, 1.165) is 10.0 Å². The van der Waals surface area contributed by atoms with Crippen LogP contribution in [0.3, 0.4) is 0 Å². The lowest BCUT2D eigenvalue weighted by molar-refractivity contribution is -0.111. The minimum atomic E-state index is -0.248. The molecule has 0 aliphatic carbocycles. The summed E-state index contributed by atoms with van der Waals surface area (Å²) in [5.74, 6) is -0.248. The number of anilines is 2. The van der Waals surface area contributed by atoms with Gasteiger partial charge in [-0.15, -0.1) is 0 Å². The summed E-state index contributed by atoms with van der Waals surface area (Å²) in [5, 5.41) is 3.21. The monoisotopic (exact) mass is 350 g/mol. The Morgan fingerprint density at radius 2 is 1.90 bits per heavy atom. The van der Waals surface area contributed by atoms with E-state index in [1.54, 1.807) is 30.3 Å². The summed E-state index contributed by atoms with van der Waals surface area (Å²) in [6.45, 7) is 0. The Morgan fingerprint density at radius 1 is 1.20 bits per heavy atom. The molecule has 0 aromatic heterocycles. The van der Waals surface area contributed by atoms with Crippen molar-refractivity contribution in [3.05, 3.63) is 63.6 Å². The smallest absolute Gasteiger partial charge is 0.248 e. The molecule has 0 bridgehead atoms. The minimum Gasteiger partial charge on any atom is -0.399 e. The van der Waals surface area contributed by atoms with E-state index in [0.29, 0.717) is 16.4 Å². The van der Waals surface area contributed by atoms with Gasteiger partial charge in [-0.25, -0.2) is 0 Å². The number of carbonyl (C=O) groups is 1. The number of nitrogens with one attached hydrogen (secondary N) is 1. The topological polar surface area (TPSA) is 55.1 Å². The van der Waals surface area contributed by atoms with Crippen LogP contribution >= 0.6 is 27.5 Å². The van der Waals surface area contributed by atoms with Gasteiger partial charge in [0, 0.05) is 16.2 Å². The van der Waals surface area contributed by atoms with Crippen LogP contribution in [-0.2, 0) is 4.79 Å². The fourth-order valence-corrected chi connectivity index (χ4v) is 2.07. The van der Waals surface area contributed by atoms with Gasteiger partial charge in [0.1, 0.15) is 0 Å². The quantitative estimate of drug-likeness (QED) is 0.638. The molecule has 2 aromatic rings. The molecule has 20 heavy (non-hydrogen) atoms. The number of hydrogen-bond donors (Lipinski definition) is 2. The Hall–Kier alpha value is -1.78. The maximum Gasteiger partial charge on any atom is 0.248 e. The molecule has 3 nitrogen and oxygen atoms in total. The number of rotatable bonds is 3. The lowest BCUT2D eigenvalue weighted by Gasteiger charge is -2.05. The van der Waals surface area contributed by atoms with Crippen LogP contribution in [0.1, 0.15) is 5.56 Å². The molecule has 5 heteroatoms. The van der Waals surface area contributed by atoms with Crippen LogP contribution in [0.4, 0.5) is 11.4 Å². The van der Waals surface area contributed by atoms with E-state index in [9.17, 15) is 4.79 Å². The molecule has 1 amide bonds. The van der Waals surface area contributed by atoms with Gasteiger partial charge in [0.25, 0.3) is 0 Å². The summed E-state index contributed by atoms with van der Waals surface area (Å²) < 4.78 is 0.847. The number of hydrogen-bond acceptors (Lipinski definition) is 2. The van der Waals surface area contributed by atoms with Gasteiger partial charge in [0.2, 0.25) is 5.91 Å². The van der Waals surface area contributed by atoms with E-state index < -0.39 is 0 Å². The summed E-state index contributed by atoms with van der Waals surface area (Å²) in [6, 6.07) is 12.5. The number of amides is 1. The van der Waals surface area contributed by atoms with Crippen molar-refractivity contribution < 1.29 is 4.79 Å². The molecule has 102 valence electrons. The predicted molar refractivity (Wildman–Crippen MR) is 87.7 cm³/mol. The van der Waals surface area contributed by atoms with Crippen LogP contribution in [0.25, 0.3) is 6.08 Å². The van der Waals surface area contributed by atoms with E-state index in [4.69, 9.17) is 17.3 Å². The molecule has 2 rings (SSSR count). The summed E-state index contributed by atoms with van der Waals surface area (Å²) in [5.41, 5.74) is 7.74. The van der Waals surface area contributed by atoms with E-state index in [-0.39, 0.29) is 5.91 Å². The van der Waals surface area contributed by atoms with Crippen LogP contribution in [0.5, 0.6) is 0 Å². The molecule has 0 aliphatic heterocycles. The maximum absolute atomic E-state index is 11.8. The number of nitrogen functional groups attached to an aromatic ring is 1. The molecule has 2 aromatic carbocycles. The van der Waals surface area contributed by atoms with E-state index in [1.165, 1.54) is 6.08 Å². The van der Waals surface area contributed by atoms with Crippen molar-refractivity contribution in [2.75, 3.05) is 11.1 Å². The predicted octanol–water partition coefficient (Wildman–Crippen LogP) is 4.34. The number of nitrogens with two attached hydrogens (primary N) is 1. The molecule has 0 heterocycles. The zero-order chi connectivity index (χ0) is 14.5. The Morgan fingerprint density at radius 3 is 2.60 bits per heavy atom. The molecule has 0 spiro atoms. The van der Waals surface area contributed by atoms with Gasteiger partial charge in [0.15, 0.2) is 0 Å². The van der Waals surface area contributed by atoms with Crippen LogP contribution in [0, 0.1) is 0 Å². The SMILES string of the molecule is Nc1ccc(/C=C/C(=O)Nc2cc(Br)ccc2Cl)cc1. The van der Waals surface area contributed by atoms with Gasteiger partial charge in [-0.3, -0.25) is 4.79 Å². The molecule has 0 saturated heterocycles. The van der Waals surface area contributed by atoms with Crippen molar-refractivity contribution in [3.63, 3.8) is 0 Å². The van der Waals surface area contributed by atoms with Crippen LogP contribution < -0.4 is 11.1 Å². The molecule has 0 saturated carbocycles. The van der Waals surface area contributed by atoms with Gasteiger partial charge < -0.3 is 11.1 Å². The van der Waals surface area contributed by atoms with Gasteiger partial charge in [0.05, 0.1) is 10.7 Å². The third-order valence-corrected chi connectivity index (χ3v) is 3.37. The van der Waals surface area contributed by atoms with Crippen LogP contribution in [-0.4, -0.2) is 5.91 Å². The lowest BCUT2D eigenvalue weighted by atomic mass is 10.2. The van der Waals surface area contributed by atoms with Crippen molar-refractivity contribution in [1.82, 2.24) is 0 Å². The Kier molecular flexibility index (Phi) is 4.82. The highest BCUT2D eigenvalue weighted by molar-refractivity contribution is 9.10. The van der Waals surface area contributed by atoms with Crippen molar-refractivity contribution in [2.24, 2.45) is 0 Å². The zero-order valence-corrected chi connectivity index (χ0v) is 12.8. The van der Waals surface area contributed by atoms with Crippen molar-refractivity contribution >= 4 is 50.9 Å². The summed E-state index contributed by atoms with van der Waals surface area (Å²) in [4.78, 5) is 11.8. The van der Waals surface area contributed by atoms with Crippen molar-refractivity contribution in [1.29, 1.82) is 0 Å². The highest BCUT2D eigenvalue weighted by Gasteiger charge is 2.03. The first kappa shape index (κ1) is 14.6. The third kappa shape index (κ3) is 4.11. The standard InChI is InChI=1S/C15H12BrClN2O/c16-11-4-7-13(17)14(9-11)19-15(20)8-3-10-1-5-12(18)6-2-10/h1-9H,18H2,(H,19,20)/b8-3+. The summed E-state index contributed by atoms with van der Waals surface area (Å²) in [6.07, 6.45) is 3.16. The fraction of sp³-hybridized carbons (Fsp3) is 0. The molecule has 0 aliphatic rings. The lowest BCUT2D eigenvalue weighted by Crippen LogP contribution is -2.08. The number of benzene rings is 2. The first-order valence-electron chi connectivity index (χ1n) is 5.84. The number of halogens is 2. The van der Waals surface area contributed by atoms with Crippen LogP contribution in [0.2, 0.25) is 5.02 Å². The Bertz CT molecular complexity index is 653. The molecular formula is C15H12BrClN2O. The first-order chi connectivity index (χ1) is 9.54. The average Bonchev–Trinajstić information content (AvgIpc) is 2.42. The van der Waals surface area contributed by atoms with Crippen LogP contribution in [0.15, 0.2) is 53.0 Å². The molecule has 0 atom stereocenters. The molecule has 0 fully saturated rings. The van der Waals surface area contributed by atoms with E-state index >= 15 is 0 Å². The van der Waals surface area contributed by atoms with Crippen molar-refractivity contribution in [3.8, 4) is 0 Å². The highest BCUT2D eigenvalue weighted by Crippen LogP contribution is 2.25. The largest absolute Gasteiger partial charge is 0.399 e. The molecule has 0 unspecified atom stereocenters. The molecule has 3 N–H and O–H groups in total. The van der Waals surface area contributed by atoms with Gasteiger partial charge in [-0.05, 0) is 42.0 Å². The molecular weight excluding hydrogens is 340 g/mol. The van der Waals surface area contributed by atoms with Crippen molar-refractivity contribution in [2.45, 2.75) is 0 Å². The average molecular weight is 352 g/mol. The number of carbonyl (C=O) groups excluding carboxylic acids is 1. The summed E-state index contributed by atoms with van der Waals surface area (Å²) >= 11 is 9.33. The zero-order valence-electron chi connectivity index (χ0n) is 10.4. The fourth-order valence-electron chi connectivity index (χ4n) is 1.55.